The number of fused-ring (bicyclic) bond motifs is 1. The monoisotopic (exact) mass is 482 g/mol. The molecule has 0 aliphatic carbocycles. The standard InChI is InChI=1S/C28H26N4O4/c1-3-31(27(34)21-11-14-24-25(15-21)36-18-35-24)17-26(33)30-28-29-23(20-7-5-4-6-8-20)16-32(28)22-12-9-19(2)10-13-22/h4-16H,3,17-18H2,1-2H3,(H,29,30,33). The number of anilines is 1. The Balaban J connectivity index is 1.37. The minimum absolute atomic E-state index is 0.120. The quantitative estimate of drug-likeness (QED) is 0.414. The predicted molar refractivity (Wildman–Crippen MR) is 137 cm³/mol. The van der Waals surface area contributed by atoms with E-state index < -0.39 is 0 Å². The van der Waals surface area contributed by atoms with Gasteiger partial charge in [0.2, 0.25) is 18.6 Å². The maximum absolute atomic E-state index is 13.1. The van der Waals surface area contributed by atoms with E-state index in [1.807, 2.05) is 79.2 Å². The van der Waals surface area contributed by atoms with Crippen molar-refractivity contribution in [3.8, 4) is 28.4 Å². The molecule has 36 heavy (non-hydrogen) atoms. The Kier molecular flexibility index (Phi) is 6.40. The molecular weight excluding hydrogens is 456 g/mol. The first-order chi connectivity index (χ1) is 17.5. The van der Waals surface area contributed by atoms with Gasteiger partial charge in [0.15, 0.2) is 11.5 Å². The lowest BCUT2D eigenvalue weighted by Gasteiger charge is -2.20. The highest BCUT2D eigenvalue weighted by Gasteiger charge is 2.22. The van der Waals surface area contributed by atoms with Crippen LogP contribution in [0.15, 0.2) is 79.0 Å². The van der Waals surface area contributed by atoms with E-state index in [4.69, 9.17) is 14.5 Å². The van der Waals surface area contributed by atoms with Crippen LogP contribution in [0.3, 0.4) is 0 Å². The molecule has 8 nitrogen and oxygen atoms in total. The van der Waals surface area contributed by atoms with Crippen LogP contribution in [0.1, 0.15) is 22.8 Å². The van der Waals surface area contributed by atoms with Gasteiger partial charge < -0.3 is 14.4 Å². The first-order valence-electron chi connectivity index (χ1n) is 11.7. The lowest BCUT2D eigenvalue weighted by atomic mass is 10.1. The number of rotatable bonds is 7. The Bertz CT molecular complexity index is 1400. The molecule has 1 aliphatic heterocycles. The highest BCUT2D eigenvalue weighted by molar-refractivity contribution is 5.99. The smallest absolute Gasteiger partial charge is 0.254 e. The van der Waals surface area contributed by atoms with Crippen molar-refractivity contribution in [2.45, 2.75) is 13.8 Å². The zero-order chi connectivity index (χ0) is 25.1. The summed E-state index contributed by atoms with van der Waals surface area (Å²) in [6.07, 6.45) is 1.89. The summed E-state index contributed by atoms with van der Waals surface area (Å²) in [4.78, 5) is 32.4. The maximum atomic E-state index is 13.1. The Hall–Kier alpha value is -4.59. The van der Waals surface area contributed by atoms with E-state index >= 15 is 0 Å². The molecule has 3 aromatic carbocycles. The minimum Gasteiger partial charge on any atom is -0.454 e. The zero-order valence-electron chi connectivity index (χ0n) is 20.1. The van der Waals surface area contributed by atoms with E-state index in [2.05, 4.69) is 5.32 Å². The Morgan fingerprint density at radius 2 is 1.75 bits per heavy atom. The van der Waals surface area contributed by atoms with Crippen molar-refractivity contribution in [2.75, 3.05) is 25.2 Å². The summed E-state index contributed by atoms with van der Waals surface area (Å²) in [5.74, 6) is 0.899. The number of nitrogens with zero attached hydrogens (tertiary/aromatic N) is 3. The molecule has 0 fully saturated rings. The molecule has 5 rings (SSSR count). The third-order valence-corrected chi connectivity index (χ3v) is 5.96. The number of carbonyl (C=O) groups excluding carboxylic acids is 2. The van der Waals surface area contributed by atoms with Crippen LogP contribution in [-0.4, -0.2) is 46.1 Å². The minimum atomic E-state index is -0.343. The van der Waals surface area contributed by atoms with Gasteiger partial charge in [0, 0.05) is 29.6 Å². The van der Waals surface area contributed by atoms with Crippen LogP contribution in [0.2, 0.25) is 0 Å². The number of aryl methyl sites for hydroxylation is 1. The first-order valence-corrected chi connectivity index (χ1v) is 11.7. The van der Waals surface area contributed by atoms with Gasteiger partial charge in [-0.15, -0.1) is 0 Å². The van der Waals surface area contributed by atoms with E-state index in [0.29, 0.717) is 29.6 Å². The van der Waals surface area contributed by atoms with E-state index in [1.54, 1.807) is 18.2 Å². The van der Waals surface area contributed by atoms with Crippen molar-refractivity contribution in [1.82, 2.24) is 14.5 Å². The second-order valence-corrected chi connectivity index (χ2v) is 8.46. The Labute approximate surface area is 209 Å². The van der Waals surface area contributed by atoms with Crippen LogP contribution in [0.5, 0.6) is 11.5 Å². The maximum Gasteiger partial charge on any atom is 0.254 e. The van der Waals surface area contributed by atoms with Crippen molar-refractivity contribution < 1.29 is 19.1 Å². The molecular formula is C28H26N4O4. The molecule has 0 atom stereocenters. The van der Waals surface area contributed by atoms with Crippen molar-refractivity contribution in [3.63, 3.8) is 0 Å². The van der Waals surface area contributed by atoms with Gasteiger partial charge >= 0.3 is 0 Å². The molecule has 2 amide bonds. The van der Waals surface area contributed by atoms with Gasteiger partial charge in [-0.25, -0.2) is 4.98 Å². The first kappa shape index (κ1) is 23.2. The highest BCUT2D eigenvalue weighted by atomic mass is 16.7. The number of ether oxygens (including phenoxy) is 2. The lowest BCUT2D eigenvalue weighted by molar-refractivity contribution is -0.116. The van der Waals surface area contributed by atoms with Gasteiger partial charge in [0.05, 0.1) is 5.69 Å². The summed E-state index contributed by atoms with van der Waals surface area (Å²) in [5, 5.41) is 2.90. The average molecular weight is 483 g/mol. The summed E-state index contributed by atoms with van der Waals surface area (Å²) >= 11 is 0. The molecule has 0 bridgehead atoms. The molecule has 0 spiro atoms. The summed E-state index contributed by atoms with van der Waals surface area (Å²) < 4.78 is 12.5. The fourth-order valence-electron chi connectivity index (χ4n) is 4.00. The van der Waals surface area contributed by atoms with Gasteiger partial charge in [0.25, 0.3) is 5.91 Å². The third kappa shape index (κ3) is 4.79. The predicted octanol–water partition coefficient (Wildman–Crippen LogP) is 4.68. The van der Waals surface area contributed by atoms with Crippen molar-refractivity contribution >= 4 is 17.8 Å². The Morgan fingerprint density at radius 3 is 2.50 bits per heavy atom. The number of carbonyl (C=O) groups is 2. The number of hydrogen-bond acceptors (Lipinski definition) is 5. The fraction of sp³-hybridized carbons (Fsp3) is 0.179. The summed E-state index contributed by atoms with van der Waals surface area (Å²) in [5.41, 5.74) is 4.10. The van der Waals surface area contributed by atoms with Crippen LogP contribution >= 0.6 is 0 Å². The molecule has 1 aromatic heterocycles. The highest BCUT2D eigenvalue weighted by Crippen LogP contribution is 2.33. The Morgan fingerprint density at radius 1 is 1.00 bits per heavy atom. The number of amides is 2. The van der Waals surface area contributed by atoms with E-state index in [0.717, 1.165) is 22.5 Å². The van der Waals surface area contributed by atoms with E-state index in [-0.39, 0.29) is 25.2 Å². The van der Waals surface area contributed by atoms with Crippen LogP contribution in [0.25, 0.3) is 16.9 Å². The largest absolute Gasteiger partial charge is 0.454 e. The number of aromatic nitrogens is 2. The SMILES string of the molecule is CCN(CC(=O)Nc1nc(-c2ccccc2)cn1-c1ccc(C)cc1)C(=O)c1ccc2c(c1)OCO2. The second-order valence-electron chi connectivity index (χ2n) is 8.46. The summed E-state index contributed by atoms with van der Waals surface area (Å²) in [6, 6.07) is 22.7. The number of nitrogens with one attached hydrogen (secondary N) is 1. The molecule has 0 saturated carbocycles. The van der Waals surface area contributed by atoms with Crippen LogP contribution in [0.4, 0.5) is 5.95 Å². The molecule has 0 unspecified atom stereocenters. The van der Waals surface area contributed by atoms with Crippen LogP contribution in [-0.2, 0) is 4.79 Å². The van der Waals surface area contributed by atoms with Crippen LogP contribution < -0.4 is 14.8 Å². The third-order valence-electron chi connectivity index (χ3n) is 5.96. The summed E-state index contributed by atoms with van der Waals surface area (Å²) in [7, 11) is 0. The summed E-state index contributed by atoms with van der Waals surface area (Å²) in [6.45, 7) is 4.23. The van der Waals surface area contributed by atoms with Gasteiger partial charge in [-0.2, -0.15) is 0 Å². The van der Waals surface area contributed by atoms with Crippen LogP contribution in [0, 0.1) is 6.92 Å². The average Bonchev–Trinajstić information content (AvgIpc) is 3.54. The molecule has 2 heterocycles. The van der Waals surface area contributed by atoms with Gasteiger partial charge in [-0.1, -0.05) is 48.0 Å². The number of benzene rings is 3. The molecule has 4 aromatic rings. The van der Waals surface area contributed by atoms with E-state index in [1.165, 1.54) is 4.90 Å². The van der Waals surface area contributed by atoms with Gasteiger partial charge in [-0.05, 0) is 44.2 Å². The van der Waals surface area contributed by atoms with Crippen molar-refractivity contribution in [3.05, 3.63) is 90.1 Å². The molecule has 182 valence electrons. The molecule has 1 aliphatic rings. The lowest BCUT2D eigenvalue weighted by Crippen LogP contribution is -2.38. The van der Waals surface area contributed by atoms with Gasteiger partial charge in [0.1, 0.15) is 6.54 Å². The normalized spacial score (nSPS) is 11.8. The molecule has 0 saturated heterocycles. The fourth-order valence-corrected chi connectivity index (χ4v) is 4.00. The second kappa shape index (κ2) is 9.95. The number of hydrogen-bond donors (Lipinski definition) is 1. The molecule has 1 N–H and O–H groups in total. The number of imidazole rings is 1. The van der Waals surface area contributed by atoms with Crippen molar-refractivity contribution in [1.29, 1.82) is 0 Å². The zero-order valence-corrected chi connectivity index (χ0v) is 20.1. The topological polar surface area (TPSA) is 85.7 Å². The van der Waals surface area contributed by atoms with E-state index in [9.17, 15) is 9.59 Å². The molecule has 0 radical (unpaired) electrons. The number of likely N-dealkylation sites (N-methyl/N-ethyl adjacent to an activating group) is 1. The molecule has 8 heteroatoms. The van der Waals surface area contributed by atoms with Crippen molar-refractivity contribution in [2.24, 2.45) is 0 Å². The van der Waals surface area contributed by atoms with Gasteiger partial charge in [-0.3, -0.25) is 19.5 Å².